The van der Waals surface area contributed by atoms with Crippen LogP contribution in [0.1, 0.15) is 70.4 Å². The van der Waals surface area contributed by atoms with Gasteiger partial charge in [-0.05, 0) is 92.0 Å². The highest BCUT2D eigenvalue weighted by Crippen LogP contribution is 2.27. The molecule has 1 aliphatic rings. The van der Waals surface area contributed by atoms with Crippen molar-refractivity contribution in [3.63, 3.8) is 0 Å². The second-order valence-corrected chi connectivity index (χ2v) is 10.7. The van der Waals surface area contributed by atoms with Gasteiger partial charge in [-0.2, -0.15) is 0 Å². The lowest BCUT2D eigenvalue weighted by Gasteiger charge is -2.22. The molecule has 0 aliphatic heterocycles. The Hall–Kier alpha value is -3.12. The van der Waals surface area contributed by atoms with E-state index in [1.807, 2.05) is 26.0 Å². The van der Waals surface area contributed by atoms with E-state index in [-0.39, 0.29) is 16.8 Å². The predicted octanol–water partition coefficient (Wildman–Crippen LogP) is 5.86. The maximum absolute atomic E-state index is 13.2. The van der Waals surface area contributed by atoms with Crippen LogP contribution in [0.5, 0.6) is 0 Å². The number of carbonyl (C=O) groups excluding carboxylic acids is 1. The Labute approximate surface area is 202 Å². The van der Waals surface area contributed by atoms with Gasteiger partial charge in [-0.3, -0.25) is 9.52 Å². The lowest BCUT2D eigenvalue weighted by molar-refractivity contribution is 0.0935. The van der Waals surface area contributed by atoms with Crippen LogP contribution in [0.4, 0.5) is 5.69 Å². The summed E-state index contributed by atoms with van der Waals surface area (Å²) in [5.74, 6) is -0.281. The topological polar surface area (TPSA) is 75.3 Å². The number of aryl methyl sites for hydroxylation is 4. The average molecular weight is 477 g/mol. The molecule has 0 saturated heterocycles. The van der Waals surface area contributed by atoms with E-state index in [4.69, 9.17) is 0 Å². The van der Waals surface area contributed by atoms with E-state index >= 15 is 0 Å². The molecule has 1 atom stereocenters. The van der Waals surface area contributed by atoms with Gasteiger partial charge in [-0.25, -0.2) is 8.42 Å². The van der Waals surface area contributed by atoms with Crippen LogP contribution in [-0.4, -0.2) is 14.3 Å². The van der Waals surface area contributed by atoms with Crippen molar-refractivity contribution in [1.29, 1.82) is 0 Å². The van der Waals surface area contributed by atoms with Crippen molar-refractivity contribution < 1.29 is 13.2 Å². The number of hydrogen-bond acceptors (Lipinski definition) is 3. The summed E-state index contributed by atoms with van der Waals surface area (Å²) in [4.78, 5) is 13.3. The van der Waals surface area contributed by atoms with Crippen molar-refractivity contribution in [1.82, 2.24) is 5.32 Å². The number of amides is 1. The van der Waals surface area contributed by atoms with E-state index in [0.29, 0.717) is 16.8 Å². The Balaban J connectivity index is 1.57. The molecule has 2 N–H and O–H groups in total. The minimum Gasteiger partial charge on any atom is -0.345 e. The lowest BCUT2D eigenvalue weighted by Crippen LogP contribution is -2.28. The molecule has 1 amide bonds. The monoisotopic (exact) mass is 476 g/mol. The summed E-state index contributed by atoms with van der Waals surface area (Å²) in [5, 5.41) is 3.11. The SMILES string of the molecule is CCC(NC(=O)c1ccc(C)c(S(=O)(=O)Nc2ccccc2C)c1)c1ccc2c(c1)CCCC2. The molecule has 5 nitrogen and oxygen atoms in total. The van der Waals surface area contributed by atoms with Gasteiger partial charge < -0.3 is 5.32 Å². The first-order chi connectivity index (χ1) is 16.3. The molecule has 1 aliphatic carbocycles. The van der Waals surface area contributed by atoms with Crippen molar-refractivity contribution in [2.45, 2.75) is 63.8 Å². The van der Waals surface area contributed by atoms with E-state index < -0.39 is 10.0 Å². The molecular formula is C28H32N2O3S. The van der Waals surface area contributed by atoms with Crippen LogP contribution in [0.2, 0.25) is 0 Å². The lowest BCUT2D eigenvalue weighted by atomic mass is 9.88. The van der Waals surface area contributed by atoms with Crippen LogP contribution < -0.4 is 10.0 Å². The zero-order valence-corrected chi connectivity index (χ0v) is 20.8. The number of benzene rings is 3. The van der Waals surface area contributed by atoms with Crippen molar-refractivity contribution in [2.75, 3.05) is 4.72 Å². The third kappa shape index (κ3) is 5.17. The van der Waals surface area contributed by atoms with Crippen molar-refractivity contribution in [3.8, 4) is 0 Å². The Kier molecular flexibility index (Phi) is 7.08. The van der Waals surface area contributed by atoms with E-state index in [1.165, 1.54) is 30.0 Å². The molecule has 1 unspecified atom stereocenters. The zero-order chi connectivity index (χ0) is 24.3. The number of carbonyl (C=O) groups is 1. The molecule has 178 valence electrons. The molecule has 3 aromatic rings. The standard InChI is InChI=1S/C28H32N2O3S/c1-4-25(23-16-15-21-10-6-7-11-22(21)17-23)29-28(31)24-14-13-20(3)27(18-24)34(32,33)30-26-12-8-5-9-19(26)2/h5,8-9,12-18,25,30H,4,6-7,10-11H2,1-3H3,(H,29,31). The summed E-state index contributed by atoms with van der Waals surface area (Å²) in [6.45, 7) is 5.62. The van der Waals surface area contributed by atoms with Gasteiger partial charge in [0.2, 0.25) is 0 Å². The summed E-state index contributed by atoms with van der Waals surface area (Å²) in [7, 11) is -3.85. The van der Waals surface area contributed by atoms with Crippen molar-refractivity contribution in [2.24, 2.45) is 0 Å². The van der Waals surface area contributed by atoms with E-state index in [9.17, 15) is 13.2 Å². The number of hydrogen-bond donors (Lipinski definition) is 2. The van der Waals surface area contributed by atoms with Gasteiger partial charge in [-0.1, -0.05) is 49.4 Å². The fourth-order valence-electron chi connectivity index (χ4n) is 4.55. The molecular weight excluding hydrogens is 444 g/mol. The number of rotatable bonds is 7. The van der Waals surface area contributed by atoms with Crippen LogP contribution in [0, 0.1) is 13.8 Å². The largest absolute Gasteiger partial charge is 0.345 e. The van der Waals surface area contributed by atoms with Crippen LogP contribution in [-0.2, 0) is 22.9 Å². The Morgan fingerprint density at radius 1 is 0.912 bits per heavy atom. The molecule has 0 heterocycles. The summed E-state index contributed by atoms with van der Waals surface area (Å²) >= 11 is 0. The highest BCUT2D eigenvalue weighted by Gasteiger charge is 2.22. The van der Waals surface area contributed by atoms with Crippen molar-refractivity contribution >= 4 is 21.6 Å². The van der Waals surface area contributed by atoms with Gasteiger partial charge in [-0.15, -0.1) is 0 Å². The summed E-state index contributed by atoms with van der Waals surface area (Å²) in [6.07, 6.45) is 5.39. The quantitative estimate of drug-likeness (QED) is 0.448. The molecule has 0 spiro atoms. The molecule has 34 heavy (non-hydrogen) atoms. The second-order valence-electron chi connectivity index (χ2n) is 9.07. The number of para-hydroxylation sites is 1. The molecule has 6 heteroatoms. The number of sulfonamides is 1. The predicted molar refractivity (Wildman–Crippen MR) is 137 cm³/mol. The van der Waals surface area contributed by atoms with Crippen LogP contribution >= 0.6 is 0 Å². The maximum Gasteiger partial charge on any atom is 0.262 e. The first-order valence-electron chi connectivity index (χ1n) is 11.9. The Morgan fingerprint density at radius 2 is 1.65 bits per heavy atom. The summed E-state index contributed by atoms with van der Waals surface area (Å²) in [5.41, 5.74) is 6.14. The third-order valence-corrected chi connectivity index (χ3v) is 8.13. The summed E-state index contributed by atoms with van der Waals surface area (Å²) < 4.78 is 28.9. The smallest absolute Gasteiger partial charge is 0.262 e. The van der Waals surface area contributed by atoms with E-state index in [1.54, 1.807) is 31.2 Å². The highest BCUT2D eigenvalue weighted by atomic mass is 32.2. The van der Waals surface area contributed by atoms with Gasteiger partial charge in [0, 0.05) is 5.56 Å². The summed E-state index contributed by atoms with van der Waals surface area (Å²) in [6, 6.07) is 18.4. The average Bonchev–Trinajstić information content (AvgIpc) is 2.83. The third-order valence-electron chi connectivity index (χ3n) is 6.62. The molecule has 4 rings (SSSR count). The molecule has 0 saturated carbocycles. The van der Waals surface area contributed by atoms with Crippen LogP contribution in [0.25, 0.3) is 0 Å². The van der Waals surface area contributed by atoms with Gasteiger partial charge in [0.25, 0.3) is 15.9 Å². The minimum atomic E-state index is -3.85. The van der Waals surface area contributed by atoms with Crippen LogP contribution in [0.15, 0.2) is 65.6 Å². The molecule has 0 aromatic heterocycles. The second kappa shape index (κ2) is 10.0. The minimum absolute atomic E-state index is 0.102. The van der Waals surface area contributed by atoms with Gasteiger partial charge >= 0.3 is 0 Å². The Bertz CT molecular complexity index is 1310. The zero-order valence-electron chi connectivity index (χ0n) is 20.0. The first-order valence-corrected chi connectivity index (χ1v) is 13.4. The number of nitrogens with one attached hydrogen (secondary N) is 2. The number of anilines is 1. The fourth-order valence-corrected chi connectivity index (χ4v) is 5.95. The molecule has 0 bridgehead atoms. The van der Waals surface area contributed by atoms with E-state index in [0.717, 1.165) is 30.4 Å². The molecule has 0 radical (unpaired) electrons. The number of fused-ring (bicyclic) bond motifs is 1. The van der Waals surface area contributed by atoms with E-state index in [2.05, 4.69) is 28.2 Å². The molecule has 0 fully saturated rings. The van der Waals surface area contributed by atoms with Crippen LogP contribution in [0.3, 0.4) is 0 Å². The van der Waals surface area contributed by atoms with Gasteiger partial charge in [0.1, 0.15) is 0 Å². The van der Waals surface area contributed by atoms with Crippen molar-refractivity contribution in [3.05, 3.63) is 94.0 Å². The van der Waals surface area contributed by atoms with Gasteiger partial charge in [0.15, 0.2) is 0 Å². The highest BCUT2D eigenvalue weighted by molar-refractivity contribution is 7.92. The van der Waals surface area contributed by atoms with Gasteiger partial charge in [0.05, 0.1) is 16.6 Å². The fraction of sp³-hybridized carbons (Fsp3) is 0.321. The Morgan fingerprint density at radius 3 is 2.38 bits per heavy atom. The normalized spacial score (nSPS) is 14.2. The first kappa shape index (κ1) is 24.0. The maximum atomic E-state index is 13.2. The molecule has 3 aromatic carbocycles.